The minimum Gasteiger partial charge on any atom is -0.398 e. The van der Waals surface area contributed by atoms with Gasteiger partial charge in [0, 0.05) is 11.4 Å². The van der Waals surface area contributed by atoms with Crippen molar-refractivity contribution < 1.29 is 0 Å². The average molecular weight is 316 g/mol. The summed E-state index contributed by atoms with van der Waals surface area (Å²) in [5.74, 6) is 0. The fraction of sp³-hybridized carbons (Fsp3) is 0.182. The SMILES string of the molecule is Cc1cc(-c2ccccc2-c2cc(C)c(N)c(C)c2)cc(C)c1N. The molecule has 0 bridgehead atoms. The van der Waals surface area contributed by atoms with Crippen LogP contribution in [0.2, 0.25) is 0 Å². The van der Waals surface area contributed by atoms with Crippen molar-refractivity contribution >= 4 is 11.4 Å². The van der Waals surface area contributed by atoms with Crippen LogP contribution in [0, 0.1) is 27.7 Å². The maximum atomic E-state index is 6.12. The molecule has 0 amide bonds. The molecule has 0 aromatic heterocycles. The summed E-state index contributed by atoms with van der Waals surface area (Å²) >= 11 is 0. The Bertz CT molecular complexity index is 800. The van der Waals surface area contributed by atoms with E-state index in [1.807, 2.05) is 0 Å². The highest BCUT2D eigenvalue weighted by atomic mass is 14.6. The average Bonchev–Trinajstić information content (AvgIpc) is 2.56. The summed E-state index contributed by atoms with van der Waals surface area (Å²) < 4.78 is 0. The minimum atomic E-state index is 0.871. The van der Waals surface area contributed by atoms with Gasteiger partial charge in [-0.05, 0) is 96.5 Å². The van der Waals surface area contributed by atoms with Crippen LogP contribution >= 0.6 is 0 Å². The van der Waals surface area contributed by atoms with Gasteiger partial charge in [0.25, 0.3) is 0 Å². The summed E-state index contributed by atoms with van der Waals surface area (Å²) in [5.41, 5.74) is 23.3. The molecule has 2 nitrogen and oxygen atoms in total. The van der Waals surface area contributed by atoms with Gasteiger partial charge in [0.1, 0.15) is 0 Å². The van der Waals surface area contributed by atoms with E-state index >= 15 is 0 Å². The molecule has 3 aromatic rings. The smallest absolute Gasteiger partial charge is 0.0373 e. The lowest BCUT2D eigenvalue weighted by atomic mass is 9.90. The van der Waals surface area contributed by atoms with E-state index in [0.29, 0.717) is 0 Å². The normalized spacial score (nSPS) is 10.8. The van der Waals surface area contributed by atoms with Crippen molar-refractivity contribution in [3.63, 3.8) is 0 Å². The first-order valence-electron chi connectivity index (χ1n) is 8.21. The van der Waals surface area contributed by atoms with Crippen LogP contribution in [0.15, 0.2) is 48.5 Å². The Morgan fingerprint density at radius 2 is 0.833 bits per heavy atom. The van der Waals surface area contributed by atoms with Crippen LogP contribution in [0.4, 0.5) is 11.4 Å². The van der Waals surface area contributed by atoms with E-state index < -0.39 is 0 Å². The van der Waals surface area contributed by atoms with Gasteiger partial charge in [-0.2, -0.15) is 0 Å². The highest BCUT2D eigenvalue weighted by molar-refractivity contribution is 5.86. The molecule has 3 aromatic carbocycles. The van der Waals surface area contributed by atoms with E-state index in [1.54, 1.807) is 0 Å². The fourth-order valence-corrected chi connectivity index (χ4v) is 3.25. The third-order valence-corrected chi connectivity index (χ3v) is 4.74. The van der Waals surface area contributed by atoms with Gasteiger partial charge in [-0.1, -0.05) is 24.3 Å². The van der Waals surface area contributed by atoms with E-state index in [2.05, 4.69) is 76.2 Å². The lowest BCUT2D eigenvalue weighted by molar-refractivity contribution is 1.37. The number of anilines is 2. The van der Waals surface area contributed by atoms with Gasteiger partial charge in [-0.25, -0.2) is 0 Å². The van der Waals surface area contributed by atoms with Gasteiger partial charge < -0.3 is 11.5 Å². The summed E-state index contributed by atoms with van der Waals surface area (Å²) in [6.07, 6.45) is 0. The van der Waals surface area contributed by atoms with Crippen LogP contribution in [0.1, 0.15) is 22.3 Å². The molecule has 0 aliphatic heterocycles. The Kier molecular flexibility index (Phi) is 4.06. The molecule has 4 N–H and O–H groups in total. The summed E-state index contributed by atoms with van der Waals surface area (Å²) in [4.78, 5) is 0. The number of hydrogen-bond acceptors (Lipinski definition) is 2. The fourth-order valence-electron chi connectivity index (χ4n) is 3.25. The molecule has 0 aliphatic carbocycles. The van der Waals surface area contributed by atoms with E-state index in [0.717, 1.165) is 33.6 Å². The molecule has 122 valence electrons. The summed E-state index contributed by atoms with van der Waals surface area (Å²) in [6, 6.07) is 17.2. The first-order chi connectivity index (χ1) is 11.4. The number of hydrogen-bond donors (Lipinski definition) is 2. The van der Waals surface area contributed by atoms with Crippen molar-refractivity contribution in [2.75, 3.05) is 11.5 Å². The van der Waals surface area contributed by atoms with E-state index in [9.17, 15) is 0 Å². The highest BCUT2D eigenvalue weighted by Crippen LogP contribution is 2.36. The molecule has 0 atom stereocenters. The monoisotopic (exact) mass is 316 g/mol. The molecule has 2 heteroatoms. The van der Waals surface area contributed by atoms with Gasteiger partial charge in [0.05, 0.1) is 0 Å². The number of benzene rings is 3. The van der Waals surface area contributed by atoms with Gasteiger partial charge >= 0.3 is 0 Å². The zero-order chi connectivity index (χ0) is 17.4. The Morgan fingerprint density at radius 1 is 0.542 bits per heavy atom. The molecule has 3 rings (SSSR count). The maximum Gasteiger partial charge on any atom is 0.0373 e. The molecule has 0 saturated heterocycles. The van der Waals surface area contributed by atoms with Crippen LogP contribution in [0.5, 0.6) is 0 Å². The Hall–Kier alpha value is -2.74. The van der Waals surface area contributed by atoms with Crippen molar-refractivity contribution in [3.8, 4) is 22.3 Å². The number of nitrogens with two attached hydrogens (primary N) is 2. The topological polar surface area (TPSA) is 52.0 Å². The predicted octanol–water partition coefficient (Wildman–Crippen LogP) is 5.42. The number of nitrogen functional groups attached to an aromatic ring is 2. The molecule has 0 spiro atoms. The standard InChI is InChI=1S/C22H24N2/c1-13-9-17(10-14(2)21(13)23)19-7-5-6-8-20(19)18-11-15(3)22(24)16(4)12-18/h5-12H,23-24H2,1-4H3. The molecular formula is C22H24N2. The molecule has 0 saturated carbocycles. The summed E-state index contributed by atoms with van der Waals surface area (Å²) in [7, 11) is 0. The van der Waals surface area contributed by atoms with Crippen LogP contribution in [-0.4, -0.2) is 0 Å². The molecule has 0 aliphatic rings. The second-order valence-corrected chi connectivity index (χ2v) is 6.59. The first kappa shape index (κ1) is 16.1. The Morgan fingerprint density at radius 3 is 1.12 bits per heavy atom. The van der Waals surface area contributed by atoms with Crippen molar-refractivity contribution in [2.45, 2.75) is 27.7 Å². The second-order valence-electron chi connectivity index (χ2n) is 6.59. The Balaban J connectivity index is 2.23. The predicted molar refractivity (Wildman–Crippen MR) is 105 cm³/mol. The van der Waals surface area contributed by atoms with Crippen molar-refractivity contribution in [1.29, 1.82) is 0 Å². The Labute approximate surface area is 144 Å². The largest absolute Gasteiger partial charge is 0.398 e. The molecule has 0 heterocycles. The number of rotatable bonds is 2. The lowest BCUT2D eigenvalue weighted by Crippen LogP contribution is -1.96. The van der Waals surface area contributed by atoms with Crippen LogP contribution in [-0.2, 0) is 0 Å². The first-order valence-corrected chi connectivity index (χ1v) is 8.21. The van der Waals surface area contributed by atoms with Crippen molar-refractivity contribution in [1.82, 2.24) is 0 Å². The van der Waals surface area contributed by atoms with Gasteiger partial charge in [-0.15, -0.1) is 0 Å². The van der Waals surface area contributed by atoms with Crippen molar-refractivity contribution in [2.24, 2.45) is 0 Å². The van der Waals surface area contributed by atoms with E-state index in [-0.39, 0.29) is 0 Å². The molecule has 0 unspecified atom stereocenters. The second kappa shape index (κ2) is 6.04. The van der Waals surface area contributed by atoms with Crippen molar-refractivity contribution in [3.05, 3.63) is 70.8 Å². The zero-order valence-corrected chi connectivity index (χ0v) is 14.8. The van der Waals surface area contributed by atoms with E-state index in [4.69, 9.17) is 11.5 Å². The van der Waals surface area contributed by atoms with Gasteiger partial charge in [0.15, 0.2) is 0 Å². The van der Waals surface area contributed by atoms with Crippen LogP contribution in [0.25, 0.3) is 22.3 Å². The zero-order valence-electron chi connectivity index (χ0n) is 14.8. The quantitative estimate of drug-likeness (QED) is 0.620. The van der Waals surface area contributed by atoms with E-state index in [1.165, 1.54) is 22.3 Å². The third kappa shape index (κ3) is 2.76. The van der Waals surface area contributed by atoms with Crippen LogP contribution < -0.4 is 11.5 Å². The maximum absolute atomic E-state index is 6.12. The third-order valence-electron chi connectivity index (χ3n) is 4.74. The number of aryl methyl sites for hydroxylation is 4. The lowest BCUT2D eigenvalue weighted by Gasteiger charge is -2.15. The molecule has 24 heavy (non-hydrogen) atoms. The highest BCUT2D eigenvalue weighted by Gasteiger charge is 2.11. The molecule has 0 radical (unpaired) electrons. The van der Waals surface area contributed by atoms with Gasteiger partial charge in [-0.3, -0.25) is 0 Å². The summed E-state index contributed by atoms with van der Waals surface area (Å²) in [5, 5.41) is 0. The minimum absolute atomic E-state index is 0.871. The summed E-state index contributed by atoms with van der Waals surface area (Å²) in [6.45, 7) is 8.25. The van der Waals surface area contributed by atoms with Gasteiger partial charge in [0.2, 0.25) is 0 Å². The molecular weight excluding hydrogens is 292 g/mol. The van der Waals surface area contributed by atoms with Crippen LogP contribution in [0.3, 0.4) is 0 Å². The molecule has 0 fully saturated rings.